The smallest absolute Gasteiger partial charge is 0.343 e. The first-order chi connectivity index (χ1) is 19.2. The summed E-state index contributed by atoms with van der Waals surface area (Å²) in [5, 5.41) is 59.1. The number of carbonyl (C=O) groups excluding carboxylic acids is 1. The zero-order chi connectivity index (χ0) is 27.9. The molecule has 0 unspecified atom stereocenters. The molecule has 1 aromatic heterocycles. The van der Waals surface area contributed by atoms with Gasteiger partial charge in [-0.25, -0.2) is 4.79 Å². The maximum absolute atomic E-state index is 13.5. The average Bonchev–Trinajstić information content (AvgIpc) is 3.71. The van der Waals surface area contributed by atoms with Gasteiger partial charge in [-0.3, -0.25) is 0 Å². The number of rotatable bonds is 4. The number of esters is 1. The number of benzene rings is 3. The van der Waals surface area contributed by atoms with Crippen molar-refractivity contribution in [2.45, 2.75) is 81.3 Å². The molecule has 210 valence electrons. The van der Waals surface area contributed by atoms with Gasteiger partial charge in [-0.15, -0.1) is 0 Å². The van der Waals surface area contributed by atoms with Crippen molar-refractivity contribution in [2.75, 3.05) is 0 Å². The summed E-state index contributed by atoms with van der Waals surface area (Å²) in [4.78, 5) is 16.6. The lowest BCUT2D eigenvalue weighted by Crippen LogP contribution is -2.60. The lowest BCUT2D eigenvalue weighted by molar-refractivity contribution is -0.315. The van der Waals surface area contributed by atoms with Crippen LogP contribution in [0.15, 0.2) is 48.5 Å². The van der Waals surface area contributed by atoms with E-state index in [1.54, 1.807) is 0 Å². The molecule has 9 nitrogen and oxygen atoms in total. The number of carbonyl (C=O) groups is 1. The maximum atomic E-state index is 13.5. The molecule has 5 atom stereocenters. The summed E-state index contributed by atoms with van der Waals surface area (Å²) >= 11 is 0. The van der Waals surface area contributed by atoms with Crippen LogP contribution in [-0.2, 0) is 16.1 Å². The molecule has 2 aliphatic carbocycles. The van der Waals surface area contributed by atoms with E-state index < -0.39 is 42.3 Å². The second-order valence-electron chi connectivity index (χ2n) is 12.0. The van der Waals surface area contributed by atoms with Gasteiger partial charge in [-0.1, -0.05) is 43.2 Å². The van der Waals surface area contributed by atoms with E-state index in [4.69, 9.17) is 9.47 Å². The lowest BCUT2D eigenvalue weighted by Gasteiger charge is -2.40. The van der Waals surface area contributed by atoms with Crippen LogP contribution in [0, 0.1) is 5.41 Å². The average molecular weight is 548 g/mol. The fraction of sp³-hybridized carbons (Fsp3) is 0.452. The quantitative estimate of drug-likeness (QED) is 0.168. The third-order valence-corrected chi connectivity index (χ3v) is 9.67. The van der Waals surface area contributed by atoms with Crippen LogP contribution in [0.25, 0.3) is 32.4 Å². The van der Waals surface area contributed by atoms with Gasteiger partial charge in [0.25, 0.3) is 0 Å². The van der Waals surface area contributed by atoms with Gasteiger partial charge < -0.3 is 40.0 Å². The number of H-pyrrole nitrogens is 1. The van der Waals surface area contributed by atoms with E-state index in [0.717, 1.165) is 47.2 Å². The van der Waals surface area contributed by atoms with Crippen molar-refractivity contribution in [3.05, 3.63) is 54.2 Å². The minimum absolute atomic E-state index is 0.0774. The molecule has 4 aromatic rings. The van der Waals surface area contributed by atoms with Crippen LogP contribution in [0.1, 0.15) is 50.6 Å². The van der Waals surface area contributed by atoms with E-state index in [-0.39, 0.29) is 29.7 Å². The number of aromatic amines is 1. The van der Waals surface area contributed by atoms with Gasteiger partial charge in [0.05, 0.1) is 23.2 Å². The minimum Gasteiger partial charge on any atom is -0.422 e. The Morgan fingerprint density at radius 2 is 1.70 bits per heavy atom. The molecule has 40 heavy (non-hydrogen) atoms. The zero-order valence-corrected chi connectivity index (χ0v) is 22.0. The van der Waals surface area contributed by atoms with Crippen LogP contribution in [0.5, 0.6) is 5.75 Å². The highest BCUT2D eigenvalue weighted by Gasteiger charge is 2.69. The summed E-state index contributed by atoms with van der Waals surface area (Å²) in [5.41, 5.74) is -1.06. The van der Waals surface area contributed by atoms with Crippen molar-refractivity contribution in [3.8, 4) is 5.75 Å². The predicted molar refractivity (Wildman–Crippen MR) is 146 cm³/mol. The number of nitrogens with one attached hydrogen (secondary N) is 1. The normalized spacial score (nSPS) is 31.7. The molecule has 0 bridgehead atoms. The van der Waals surface area contributed by atoms with Crippen LogP contribution in [-0.4, -0.2) is 66.2 Å². The lowest BCUT2D eigenvalue weighted by atomic mass is 9.79. The summed E-state index contributed by atoms with van der Waals surface area (Å²) in [7, 11) is 0. The molecule has 3 aromatic carbocycles. The second-order valence-corrected chi connectivity index (χ2v) is 12.0. The number of aromatic nitrogens is 1. The number of aliphatic hydroxyl groups excluding tert-OH is 3. The molecule has 2 saturated carbocycles. The summed E-state index contributed by atoms with van der Waals surface area (Å²) in [6.07, 6.45) is -0.502. The van der Waals surface area contributed by atoms with Gasteiger partial charge in [0, 0.05) is 0 Å². The molecule has 9 heteroatoms. The Bertz CT molecular complexity index is 1640. The van der Waals surface area contributed by atoms with Crippen molar-refractivity contribution in [2.24, 2.45) is 5.41 Å². The highest BCUT2D eigenvalue weighted by atomic mass is 16.7. The Morgan fingerprint density at radius 1 is 0.975 bits per heavy atom. The molecule has 0 amide bonds. The summed E-state index contributed by atoms with van der Waals surface area (Å²) in [6, 6.07) is 15.7. The van der Waals surface area contributed by atoms with E-state index in [1.807, 2.05) is 48.5 Å². The number of hydrogen-bond donors (Lipinski definition) is 6. The Balaban J connectivity index is 1.23. The standard InChI is InChI=1S/C31H33NO8/c33-15-22-25(23-20-14-18-6-2-1-5-17(18)13-19(20)7-8-21(23)32-22)39-28(36)26-24(34)27(35)31(38,40-26)30(37)12-11-29(16-30)9-3-4-10-29/h1-2,5-8,13-14,24,26-27,32-35,37-38H,3-4,9-12,15-16H2/t24-,26+,27+,30+,31+/m0/s1. The third-order valence-electron chi connectivity index (χ3n) is 9.67. The van der Waals surface area contributed by atoms with Crippen molar-refractivity contribution in [1.29, 1.82) is 0 Å². The molecule has 7 rings (SSSR count). The number of fused-ring (bicyclic) bond motifs is 4. The fourth-order valence-electron chi connectivity index (χ4n) is 7.54. The summed E-state index contributed by atoms with van der Waals surface area (Å²) < 4.78 is 11.4. The van der Waals surface area contributed by atoms with Crippen molar-refractivity contribution < 1.29 is 39.8 Å². The molecular weight excluding hydrogens is 514 g/mol. The van der Waals surface area contributed by atoms with E-state index in [0.29, 0.717) is 17.3 Å². The third kappa shape index (κ3) is 3.66. The zero-order valence-electron chi connectivity index (χ0n) is 22.0. The first-order valence-corrected chi connectivity index (χ1v) is 13.9. The van der Waals surface area contributed by atoms with Gasteiger partial charge >= 0.3 is 5.97 Å². The minimum atomic E-state index is -2.53. The van der Waals surface area contributed by atoms with Gasteiger partial charge in [0.1, 0.15) is 17.8 Å². The second kappa shape index (κ2) is 8.97. The van der Waals surface area contributed by atoms with E-state index >= 15 is 0 Å². The highest BCUT2D eigenvalue weighted by molar-refractivity contribution is 6.14. The molecule has 0 radical (unpaired) electrons. The van der Waals surface area contributed by atoms with Crippen LogP contribution < -0.4 is 4.74 Å². The van der Waals surface area contributed by atoms with Crippen LogP contribution >= 0.6 is 0 Å². The van der Waals surface area contributed by atoms with Gasteiger partial charge in [0.15, 0.2) is 11.9 Å². The Hall–Kier alpha value is -3.05. The molecule has 3 fully saturated rings. The predicted octanol–water partition coefficient (Wildman–Crippen LogP) is 3.16. The van der Waals surface area contributed by atoms with Crippen LogP contribution in [0.2, 0.25) is 0 Å². The molecule has 6 N–H and O–H groups in total. The topological polar surface area (TPSA) is 152 Å². The highest BCUT2D eigenvalue weighted by Crippen LogP contribution is 2.58. The van der Waals surface area contributed by atoms with Crippen LogP contribution in [0.3, 0.4) is 0 Å². The summed E-state index contributed by atoms with van der Waals surface area (Å²) in [6.45, 7) is -0.450. The monoisotopic (exact) mass is 547 g/mol. The fourth-order valence-corrected chi connectivity index (χ4v) is 7.54. The number of ether oxygens (including phenoxy) is 2. The molecular formula is C31H33NO8. The van der Waals surface area contributed by atoms with Crippen molar-refractivity contribution >= 4 is 38.4 Å². The van der Waals surface area contributed by atoms with Gasteiger partial charge in [0.2, 0.25) is 5.79 Å². The van der Waals surface area contributed by atoms with E-state index in [9.17, 15) is 30.3 Å². The molecule has 1 aliphatic heterocycles. The van der Waals surface area contributed by atoms with Gasteiger partial charge in [-0.2, -0.15) is 0 Å². The first kappa shape index (κ1) is 25.9. The number of aliphatic hydroxyl groups is 5. The van der Waals surface area contributed by atoms with E-state index in [1.165, 1.54) is 0 Å². The SMILES string of the molecule is O=C(Oc1c(CO)[nH]c2ccc3cc4ccccc4cc3c12)[C@@H]1O[C@@](O)([C@@]2(O)CCC3(CCCC3)C2)[C@H](O)[C@H]1O. The molecule has 2 heterocycles. The van der Waals surface area contributed by atoms with E-state index in [2.05, 4.69) is 4.98 Å². The Kier molecular flexibility index (Phi) is 5.81. The largest absolute Gasteiger partial charge is 0.422 e. The molecule has 1 saturated heterocycles. The molecule has 1 spiro atoms. The van der Waals surface area contributed by atoms with Crippen LogP contribution in [0.4, 0.5) is 0 Å². The Morgan fingerprint density at radius 3 is 2.42 bits per heavy atom. The first-order valence-electron chi connectivity index (χ1n) is 13.9. The maximum Gasteiger partial charge on any atom is 0.343 e. The van der Waals surface area contributed by atoms with Crippen molar-refractivity contribution in [3.63, 3.8) is 0 Å². The number of hydrogen-bond acceptors (Lipinski definition) is 8. The summed E-state index contributed by atoms with van der Waals surface area (Å²) in [5.74, 6) is -3.50. The Labute approximate surface area is 230 Å². The van der Waals surface area contributed by atoms with Gasteiger partial charge in [-0.05, 0) is 77.3 Å². The molecule has 3 aliphatic rings. The van der Waals surface area contributed by atoms with Crippen molar-refractivity contribution in [1.82, 2.24) is 4.98 Å².